The van der Waals surface area contributed by atoms with E-state index in [2.05, 4.69) is 32.7 Å². The normalized spacial score (nSPS) is 19.5. The van der Waals surface area contributed by atoms with Gasteiger partial charge < -0.3 is 15.4 Å². The third-order valence-corrected chi connectivity index (χ3v) is 6.73. The zero-order valence-electron chi connectivity index (χ0n) is 21.4. The van der Waals surface area contributed by atoms with Gasteiger partial charge in [-0.05, 0) is 66.8 Å². The summed E-state index contributed by atoms with van der Waals surface area (Å²) in [6.45, 7) is 4.00. The first kappa shape index (κ1) is 25.6. The maximum Gasteiger partial charge on any atom is 0.323 e. The predicted octanol–water partition coefficient (Wildman–Crippen LogP) is 5.32. The summed E-state index contributed by atoms with van der Waals surface area (Å²) >= 11 is 0. The minimum absolute atomic E-state index is 0.138. The van der Waals surface area contributed by atoms with Gasteiger partial charge in [-0.3, -0.25) is 14.7 Å². The third kappa shape index (κ3) is 6.63. The number of urea groups is 1. The maximum atomic E-state index is 13.9. The molecule has 0 bridgehead atoms. The monoisotopic (exact) mass is 514 g/mol. The lowest BCUT2D eigenvalue weighted by atomic mass is 9.96. The summed E-state index contributed by atoms with van der Waals surface area (Å²) in [6, 6.07) is 7.86. The van der Waals surface area contributed by atoms with Crippen molar-refractivity contribution in [2.75, 3.05) is 25.0 Å². The summed E-state index contributed by atoms with van der Waals surface area (Å²) in [5.41, 5.74) is 4.90. The Hall–Kier alpha value is -4.04. The Bertz CT molecular complexity index is 1360. The number of nitrogens with one attached hydrogen (secondary N) is 2. The molecule has 196 valence electrons. The molecule has 2 N–H and O–H groups in total. The van der Waals surface area contributed by atoms with E-state index in [1.807, 2.05) is 31.2 Å². The number of allylic oxidation sites excluding steroid dienone is 3. The number of ether oxygens (including phenoxy) is 1. The molecule has 0 spiro atoms. The fraction of sp³-hybridized carbons (Fsp3) is 0.300. The number of rotatable bonds is 7. The van der Waals surface area contributed by atoms with Crippen LogP contribution in [0.5, 0.6) is 5.75 Å². The van der Waals surface area contributed by atoms with Gasteiger partial charge in [0.05, 0.1) is 17.9 Å². The number of pyridine rings is 1. The van der Waals surface area contributed by atoms with Crippen LogP contribution in [-0.2, 0) is 4.79 Å². The fourth-order valence-corrected chi connectivity index (χ4v) is 4.80. The summed E-state index contributed by atoms with van der Waals surface area (Å²) < 4.78 is 20.1. The molecule has 1 fully saturated rings. The van der Waals surface area contributed by atoms with Crippen LogP contribution in [0, 0.1) is 12.7 Å². The summed E-state index contributed by atoms with van der Waals surface area (Å²) in [5, 5.41) is 5.29. The zero-order chi connectivity index (χ0) is 26.5. The number of carbonyl (C=O) groups is 2. The predicted molar refractivity (Wildman–Crippen MR) is 145 cm³/mol. The van der Waals surface area contributed by atoms with Gasteiger partial charge in [0.2, 0.25) is 0 Å². The summed E-state index contributed by atoms with van der Waals surface area (Å²) in [4.78, 5) is 30.7. The molecule has 1 aromatic carbocycles. The quantitative estimate of drug-likeness (QED) is 0.523. The van der Waals surface area contributed by atoms with E-state index < -0.39 is 11.8 Å². The number of halogens is 1. The number of aryl methyl sites for hydroxylation is 1. The number of benzene rings is 1. The van der Waals surface area contributed by atoms with Crippen LogP contribution >= 0.6 is 0 Å². The molecule has 2 heterocycles. The minimum atomic E-state index is -0.506. The average Bonchev–Trinajstić information content (AvgIpc) is 3.32. The van der Waals surface area contributed by atoms with Gasteiger partial charge in [-0.2, -0.15) is 0 Å². The molecule has 2 aromatic rings. The molecule has 3 aliphatic rings. The highest BCUT2D eigenvalue weighted by Gasteiger charge is 2.21. The molecule has 2 amide bonds. The minimum Gasteiger partial charge on any atom is -0.486 e. The van der Waals surface area contributed by atoms with E-state index in [9.17, 15) is 14.0 Å². The lowest BCUT2D eigenvalue weighted by Crippen LogP contribution is -2.29. The van der Waals surface area contributed by atoms with Crippen LogP contribution in [0.4, 0.5) is 14.9 Å². The van der Waals surface area contributed by atoms with Crippen molar-refractivity contribution >= 4 is 23.1 Å². The second kappa shape index (κ2) is 11.6. The van der Waals surface area contributed by atoms with E-state index in [0.717, 1.165) is 42.9 Å². The van der Waals surface area contributed by atoms with E-state index in [0.29, 0.717) is 30.9 Å². The summed E-state index contributed by atoms with van der Waals surface area (Å²) in [6.07, 6.45) is 14.6. The number of carbonyl (C=O) groups excluding carboxylic acids is 2. The molecule has 1 saturated heterocycles. The number of amides is 2. The SMILES string of the molecule is Cc1ccc(F)c(NC(=O)NC2=CCC(Oc3ccnc(C4=CC(CN5CCC(=O)C5)=CCC4)c3)C=C2)c1. The summed E-state index contributed by atoms with van der Waals surface area (Å²) in [7, 11) is 0. The van der Waals surface area contributed by atoms with Gasteiger partial charge in [0, 0.05) is 43.9 Å². The standard InChI is InChI=1S/C30H31FN4O3/c1-20-5-10-27(31)29(15-20)34-30(37)33-23-6-8-25(9-7-23)38-26-11-13-32-28(17-26)22-4-2-3-21(16-22)18-35-14-12-24(36)19-35/h3,5-8,10-11,13,15-17,25H,2,4,9,12,14,18-19H2,1H3,(H2,33,34,37). The number of Topliss-reactive ketones (excluding diaryl/α,β-unsaturated/α-hetero) is 1. The highest BCUT2D eigenvalue weighted by atomic mass is 19.1. The molecule has 1 unspecified atom stereocenters. The Kier molecular flexibility index (Phi) is 7.79. The maximum absolute atomic E-state index is 13.9. The number of nitrogens with zero attached hydrogens (tertiary/aromatic N) is 2. The van der Waals surface area contributed by atoms with Crippen molar-refractivity contribution in [2.24, 2.45) is 0 Å². The molecule has 0 saturated carbocycles. The van der Waals surface area contributed by atoms with Crippen molar-refractivity contribution in [2.45, 2.75) is 38.7 Å². The van der Waals surface area contributed by atoms with Gasteiger partial charge in [-0.15, -0.1) is 0 Å². The molecule has 8 heteroatoms. The van der Waals surface area contributed by atoms with E-state index in [1.165, 1.54) is 17.2 Å². The van der Waals surface area contributed by atoms with Gasteiger partial charge in [-0.1, -0.05) is 24.3 Å². The second-order valence-electron chi connectivity index (χ2n) is 9.84. The Labute approximate surface area is 221 Å². The highest BCUT2D eigenvalue weighted by Crippen LogP contribution is 2.29. The first-order chi connectivity index (χ1) is 18.4. The van der Waals surface area contributed by atoms with Crippen molar-refractivity contribution in [1.29, 1.82) is 0 Å². The fourth-order valence-electron chi connectivity index (χ4n) is 4.80. The number of hydrogen-bond donors (Lipinski definition) is 2. The van der Waals surface area contributed by atoms with Gasteiger partial charge in [0.1, 0.15) is 23.5 Å². The Balaban J connectivity index is 1.15. The lowest BCUT2D eigenvalue weighted by Gasteiger charge is -2.20. The molecule has 1 atom stereocenters. The van der Waals surface area contributed by atoms with E-state index in [-0.39, 0.29) is 11.8 Å². The molecule has 2 aliphatic carbocycles. The third-order valence-electron chi connectivity index (χ3n) is 6.73. The summed E-state index contributed by atoms with van der Waals surface area (Å²) in [5.74, 6) is 0.556. The molecule has 7 nitrogen and oxygen atoms in total. The van der Waals surface area contributed by atoms with Crippen molar-refractivity contribution in [3.63, 3.8) is 0 Å². The second-order valence-corrected chi connectivity index (χ2v) is 9.84. The van der Waals surface area contributed by atoms with Crippen LogP contribution in [0.15, 0.2) is 78.2 Å². The topological polar surface area (TPSA) is 83.6 Å². The van der Waals surface area contributed by atoms with Gasteiger partial charge in [-0.25, -0.2) is 9.18 Å². The van der Waals surface area contributed by atoms with Crippen molar-refractivity contribution < 1.29 is 18.7 Å². The largest absolute Gasteiger partial charge is 0.486 e. The Morgan fingerprint density at radius 3 is 2.87 bits per heavy atom. The molecule has 0 radical (unpaired) electrons. The average molecular weight is 515 g/mol. The zero-order valence-corrected chi connectivity index (χ0v) is 21.4. The van der Waals surface area contributed by atoms with Crippen molar-refractivity contribution in [3.8, 4) is 5.75 Å². The lowest BCUT2D eigenvalue weighted by molar-refractivity contribution is -0.116. The molecule has 1 aromatic heterocycles. The number of likely N-dealkylation sites (tertiary alicyclic amines) is 1. The smallest absolute Gasteiger partial charge is 0.323 e. The van der Waals surface area contributed by atoms with Gasteiger partial charge in [0.15, 0.2) is 0 Å². The van der Waals surface area contributed by atoms with Crippen molar-refractivity contribution in [3.05, 3.63) is 95.3 Å². The Morgan fingerprint density at radius 2 is 2.08 bits per heavy atom. The number of aromatic nitrogens is 1. The number of ketones is 1. The van der Waals surface area contributed by atoms with E-state index in [1.54, 1.807) is 24.4 Å². The van der Waals surface area contributed by atoms with E-state index >= 15 is 0 Å². The molecule has 1 aliphatic heterocycles. The van der Waals surface area contributed by atoms with Crippen LogP contribution < -0.4 is 15.4 Å². The van der Waals surface area contributed by atoms with Crippen molar-refractivity contribution in [1.82, 2.24) is 15.2 Å². The van der Waals surface area contributed by atoms with Crippen LogP contribution in [0.3, 0.4) is 0 Å². The van der Waals surface area contributed by atoms with Gasteiger partial charge in [0.25, 0.3) is 0 Å². The molecular weight excluding hydrogens is 483 g/mol. The van der Waals surface area contributed by atoms with E-state index in [4.69, 9.17) is 4.74 Å². The first-order valence-electron chi connectivity index (χ1n) is 12.9. The molecule has 38 heavy (non-hydrogen) atoms. The first-order valence-corrected chi connectivity index (χ1v) is 12.9. The van der Waals surface area contributed by atoms with Crippen LogP contribution in [0.1, 0.15) is 36.9 Å². The molecular formula is C30H31FN4O3. The highest BCUT2D eigenvalue weighted by molar-refractivity contribution is 5.91. The molecule has 5 rings (SSSR count). The Morgan fingerprint density at radius 1 is 1.18 bits per heavy atom. The van der Waals surface area contributed by atoms with Crippen LogP contribution in [0.25, 0.3) is 5.57 Å². The number of hydrogen-bond acceptors (Lipinski definition) is 5. The van der Waals surface area contributed by atoms with Crippen LogP contribution in [-0.4, -0.2) is 47.4 Å². The van der Waals surface area contributed by atoms with Gasteiger partial charge >= 0.3 is 6.03 Å². The number of anilines is 1. The van der Waals surface area contributed by atoms with Crippen LogP contribution in [0.2, 0.25) is 0 Å².